The van der Waals surface area contributed by atoms with Crippen LogP contribution in [0.15, 0.2) is 35.3 Å². The number of nitrogens with one attached hydrogen (secondary N) is 2. The summed E-state index contributed by atoms with van der Waals surface area (Å²) in [5, 5.41) is 2.71. The first-order chi connectivity index (χ1) is 10.1. The number of ether oxygens (including phenoxy) is 1. The predicted octanol–water partition coefficient (Wildman–Crippen LogP) is 1.98. The fraction of sp³-hybridized carbons (Fsp3) is 0.267. The van der Waals surface area contributed by atoms with Crippen molar-refractivity contribution in [1.29, 1.82) is 0 Å². The minimum absolute atomic E-state index is 0.295. The monoisotopic (exact) mass is 287 g/mol. The second-order valence-corrected chi connectivity index (χ2v) is 4.52. The van der Waals surface area contributed by atoms with Gasteiger partial charge in [-0.2, -0.15) is 0 Å². The van der Waals surface area contributed by atoms with Gasteiger partial charge in [0.05, 0.1) is 7.11 Å². The van der Waals surface area contributed by atoms with Gasteiger partial charge in [0.1, 0.15) is 11.6 Å². The fourth-order valence-electron chi connectivity index (χ4n) is 1.92. The van der Waals surface area contributed by atoms with Gasteiger partial charge in [0, 0.05) is 17.3 Å². The van der Waals surface area contributed by atoms with E-state index in [0.29, 0.717) is 17.1 Å². The second-order valence-electron chi connectivity index (χ2n) is 4.52. The van der Waals surface area contributed by atoms with Gasteiger partial charge in [-0.1, -0.05) is 13.3 Å². The Morgan fingerprint density at radius 2 is 2.05 bits per heavy atom. The Labute approximate surface area is 122 Å². The summed E-state index contributed by atoms with van der Waals surface area (Å²) in [6.07, 6.45) is 3.10. The number of hydrogen-bond donors (Lipinski definition) is 2. The number of methoxy groups -OCH3 is 1. The third kappa shape index (κ3) is 3.68. The van der Waals surface area contributed by atoms with Crippen LogP contribution < -0.4 is 15.7 Å². The Morgan fingerprint density at radius 1 is 1.33 bits per heavy atom. The Kier molecular flexibility index (Phi) is 4.71. The van der Waals surface area contributed by atoms with Crippen LogP contribution in [0.2, 0.25) is 0 Å². The van der Waals surface area contributed by atoms with Crippen molar-refractivity contribution in [3.8, 4) is 5.75 Å². The first-order valence-electron chi connectivity index (χ1n) is 6.67. The van der Waals surface area contributed by atoms with Gasteiger partial charge in [-0.25, -0.2) is 9.78 Å². The minimum Gasteiger partial charge on any atom is -0.497 e. The SMILES string of the molecule is CCCc1cnc(=O)[nH]c1NC(=O)c1ccc(OC)cc1. The molecule has 0 unspecified atom stereocenters. The number of H-pyrrole nitrogens is 1. The number of benzene rings is 1. The van der Waals surface area contributed by atoms with Crippen LogP contribution in [0.1, 0.15) is 29.3 Å². The molecule has 21 heavy (non-hydrogen) atoms. The zero-order valence-electron chi connectivity index (χ0n) is 12.0. The van der Waals surface area contributed by atoms with E-state index >= 15 is 0 Å². The molecule has 2 rings (SSSR count). The summed E-state index contributed by atoms with van der Waals surface area (Å²) in [7, 11) is 1.56. The second kappa shape index (κ2) is 6.69. The van der Waals surface area contributed by atoms with Gasteiger partial charge in [0.15, 0.2) is 0 Å². The van der Waals surface area contributed by atoms with Gasteiger partial charge in [0.25, 0.3) is 5.91 Å². The van der Waals surface area contributed by atoms with Gasteiger partial charge in [-0.3, -0.25) is 9.78 Å². The summed E-state index contributed by atoms with van der Waals surface area (Å²) in [6.45, 7) is 2.01. The largest absolute Gasteiger partial charge is 0.497 e. The first kappa shape index (κ1) is 14.8. The van der Waals surface area contributed by atoms with Crippen molar-refractivity contribution in [1.82, 2.24) is 9.97 Å². The molecule has 1 aromatic heterocycles. The van der Waals surface area contributed by atoms with Crippen molar-refractivity contribution in [3.05, 3.63) is 52.1 Å². The third-order valence-corrected chi connectivity index (χ3v) is 3.00. The lowest BCUT2D eigenvalue weighted by Gasteiger charge is -2.09. The number of carbonyl (C=O) groups is 1. The van der Waals surface area contributed by atoms with Crippen molar-refractivity contribution >= 4 is 11.7 Å². The molecule has 0 radical (unpaired) electrons. The molecule has 2 aromatic rings. The number of nitrogens with zero attached hydrogens (tertiary/aromatic N) is 1. The molecular weight excluding hydrogens is 270 g/mol. The van der Waals surface area contributed by atoms with Crippen molar-refractivity contribution in [2.45, 2.75) is 19.8 Å². The van der Waals surface area contributed by atoms with Crippen molar-refractivity contribution in [2.75, 3.05) is 12.4 Å². The van der Waals surface area contributed by atoms with Crippen molar-refractivity contribution in [3.63, 3.8) is 0 Å². The van der Waals surface area contributed by atoms with E-state index in [0.717, 1.165) is 18.4 Å². The lowest BCUT2D eigenvalue weighted by Crippen LogP contribution is -2.20. The maximum Gasteiger partial charge on any atom is 0.346 e. The van der Waals surface area contributed by atoms with Crippen LogP contribution in [0, 0.1) is 0 Å². The van der Waals surface area contributed by atoms with Crippen LogP contribution in [0.4, 0.5) is 5.82 Å². The van der Waals surface area contributed by atoms with E-state index in [9.17, 15) is 9.59 Å². The quantitative estimate of drug-likeness (QED) is 0.880. The average molecular weight is 287 g/mol. The van der Waals surface area contributed by atoms with Gasteiger partial charge in [-0.05, 0) is 30.7 Å². The van der Waals surface area contributed by atoms with E-state index in [1.54, 1.807) is 31.4 Å². The van der Waals surface area contributed by atoms with Crippen molar-refractivity contribution < 1.29 is 9.53 Å². The number of rotatable bonds is 5. The molecule has 2 N–H and O–H groups in total. The summed E-state index contributed by atoms with van der Waals surface area (Å²) in [6, 6.07) is 6.73. The van der Waals surface area contributed by atoms with Crippen LogP contribution in [-0.2, 0) is 6.42 Å². The Bertz CT molecular complexity index is 677. The highest BCUT2D eigenvalue weighted by Crippen LogP contribution is 2.15. The topological polar surface area (TPSA) is 84.1 Å². The van der Waals surface area contributed by atoms with Crippen LogP contribution >= 0.6 is 0 Å². The van der Waals surface area contributed by atoms with Gasteiger partial charge < -0.3 is 10.1 Å². The number of amides is 1. The lowest BCUT2D eigenvalue weighted by atomic mass is 10.1. The standard InChI is InChI=1S/C15H17N3O3/c1-3-4-11-9-16-15(20)18-13(11)17-14(19)10-5-7-12(21-2)8-6-10/h5-9H,3-4H2,1-2H3,(H2,16,17,18,19,20). The number of hydrogen-bond acceptors (Lipinski definition) is 4. The Morgan fingerprint density at radius 3 is 2.67 bits per heavy atom. The van der Waals surface area contributed by atoms with E-state index in [1.807, 2.05) is 6.92 Å². The molecule has 0 aliphatic rings. The molecule has 0 fully saturated rings. The Hall–Kier alpha value is -2.63. The number of carbonyl (C=O) groups excluding carboxylic acids is 1. The van der Waals surface area contributed by atoms with E-state index in [1.165, 1.54) is 6.20 Å². The maximum absolute atomic E-state index is 12.2. The van der Waals surface area contributed by atoms with Gasteiger partial charge >= 0.3 is 5.69 Å². The fourth-order valence-corrected chi connectivity index (χ4v) is 1.92. The smallest absolute Gasteiger partial charge is 0.346 e. The van der Waals surface area contributed by atoms with E-state index in [4.69, 9.17) is 4.74 Å². The molecule has 0 atom stereocenters. The zero-order chi connectivity index (χ0) is 15.2. The molecule has 0 spiro atoms. The average Bonchev–Trinajstić information content (AvgIpc) is 2.50. The molecule has 0 saturated heterocycles. The number of aromatic amines is 1. The molecule has 0 saturated carbocycles. The van der Waals surface area contributed by atoms with Crippen LogP contribution in [0.5, 0.6) is 5.75 Å². The van der Waals surface area contributed by atoms with E-state index < -0.39 is 5.69 Å². The molecule has 0 aliphatic carbocycles. The molecule has 1 heterocycles. The van der Waals surface area contributed by atoms with Gasteiger partial charge in [-0.15, -0.1) is 0 Å². The molecule has 6 nitrogen and oxygen atoms in total. The number of anilines is 1. The summed E-state index contributed by atoms with van der Waals surface area (Å²) in [5.74, 6) is 0.782. The predicted molar refractivity (Wildman–Crippen MR) is 79.8 cm³/mol. The van der Waals surface area contributed by atoms with Crippen LogP contribution in [0.3, 0.4) is 0 Å². The number of aromatic nitrogens is 2. The highest BCUT2D eigenvalue weighted by atomic mass is 16.5. The van der Waals surface area contributed by atoms with Crippen LogP contribution in [-0.4, -0.2) is 23.0 Å². The molecular formula is C15H17N3O3. The molecule has 110 valence electrons. The summed E-state index contributed by atoms with van der Waals surface area (Å²) in [4.78, 5) is 29.7. The molecule has 0 bridgehead atoms. The van der Waals surface area contributed by atoms with E-state index in [-0.39, 0.29) is 5.91 Å². The lowest BCUT2D eigenvalue weighted by molar-refractivity contribution is 0.102. The molecule has 0 aliphatic heterocycles. The normalized spacial score (nSPS) is 10.2. The van der Waals surface area contributed by atoms with Crippen molar-refractivity contribution in [2.24, 2.45) is 0 Å². The third-order valence-electron chi connectivity index (χ3n) is 3.00. The molecule has 1 aromatic carbocycles. The number of aryl methyl sites for hydroxylation is 1. The molecule has 6 heteroatoms. The summed E-state index contributed by atoms with van der Waals surface area (Å²) in [5.41, 5.74) is 0.801. The highest BCUT2D eigenvalue weighted by molar-refractivity contribution is 6.04. The Balaban J connectivity index is 2.21. The van der Waals surface area contributed by atoms with Gasteiger partial charge in [0.2, 0.25) is 0 Å². The summed E-state index contributed by atoms with van der Waals surface area (Å²) < 4.78 is 5.05. The molecule has 1 amide bonds. The van der Waals surface area contributed by atoms with Crippen LogP contribution in [0.25, 0.3) is 0 Å². The maximum atomic E-state index is 12.2. The zero-order valence-corrected chi connectivity index (χ0v) is 12.0. The summed E-state index contributed by atoms with van der Waals surface area (Å²) >= 11 is 0. The van der Waals surface area contributed by atoms with E-state index in [2.05, 4.69) is 15.3 Å². The highest BCUT2D eigenvalue weighted by Gasteiger charge is 2.10. The minimum atomic E-state index is -0.486. The first-order valence-corrected chi connectivity index (χ1v) is 6.67.